The van der Waals surface area contributed by atoms with Crippen LogP contribution in [0.25, 0.3) is 5.52 Å². The standard InChI is InChI=1S/C21H22ClN5O2S/c1-30-21-24-19(17-7-2-3-8-27(17)21)20(29)23-14-18(28)26-11-9-25(10-12-26)16-6-4-5-15(22)13-16/h2-8,13H,9-12,14H2,1H3,(H,23,29). The third-order valence-electron chi connectivity index (χ3n) is 5.12. The minimum absolute atomic E-state index is 0.0452. The number of nitrogens with zero attached hydrogens (tertiary/aromatic N) is 4. The van der Waals surface area contributed by atoms with Crippen LogP contribution < -0.4 is 10.2 Å². The number of hydrogen-bond donors (Lipinski definition) is 1. The molecule has 2 amide bonds. The van der Waals surface area contributed by atoms with Crippen LogP contribution in [0, 0.1) is 0 Å². The van der Waals surface area contributed by atoms with Gasteiger partial charge in [-0.25, -0.2) is 4.98 Å². The third kappa shape index (κ3) is 4.24. The van der Waals surface area contributed by atoms with Crippen LogP contribution >= 0.6 is 23.4 Å². The second-order valence-electron chi connectivity index (χ2n) is 6.93. The Kier molecular flexibility index (Phi) is 6.15. The molecule has 3 aromatic rings. The number of imidazole rings is 1. The number of pyridine rings is 1. The summed E-state index contributed by atoms with van der Waals surface area (Å²) in [7, 11) is 0. The molecule has 0 bridgehead atoms. The largest absolute Gasteiger partial charge is 0.368 e. The monoisotopic (exact) mass is 443 g/mol. The van der Waals surface area contributed by atoms with Gasteiger partial charge in [-0.15, -0.1) is 0 Å². The lowest BCUT2D eigenvalue weighted by Gasteiger charge is -2.36. The molecule has 1 N–H and O–H groups in total. The van der Waals surface area contributed by atoms with Crippen LogP contribution in [0.1, 0.15) is 10.5 Å². The zero-order valence-corrected chi connectivity index (χ0v) is 18.1. The molecule has 0 spiro atoms. The Labute approximate surface area is 184 Å². The summed E-state index contributed by atoms with van der Waals surface area (Å²) in [4.78, 5) is 33.7. The molecular weight excluding hydrogens is 422 g/mol. The molecule has 30 heavy (non-hydrogen) atoms. The van der Waals surface area contributed by atoms with Crippen molar-refractivity contribution in [2.24, 2.45) is 0 Å². The highest BCUT2D eigenvalue weighted by Crippen LogP contribution is 2.21. The molecule has 3 heterocycles. The van der Waals surface area contributed by atoms with Crippen LogP contribution in [0.2, 0.25) is 5.02 Å². The highest BCUT2D eigenvalue weighted by Gasteiger charge is 2.23. The van der Waals surface area contributed by atoms with Crippen LogP contribution in [0.3, 0.4) is 0 Å². The van der Waals surface area contributed by atoms with E-state index in [1.165, 1.54) is 11.8 Å². The summed E-state index contributed by atoms with van der Waals surface area (Å²) in [5, 5.41) is 4.16. The highest BCUT2D eigenvalue weighted by atomic mass is 35.5. The van der Waals surface area contributed by atoms with Gasteiger partial charge in [0.05, 0.1) is 12.1 Å². The molecule has 1 aromatic carbocycles. The average Bonchev–Trinajstić information content (AvgIpc) is 3.16. The Balaban J connectivity index is 1.34. The lowest BCUT2D eigenvalue weighted by molar-refractivity contribution is -0.130. The first kappa shape index (κ1) is 20.6. The number of aromatic nitrogens is 2. The van der Waals surface area contributed by atoms with Crippen molar-refractivity contribution >= 4 is 46.4 Å². The van der Waals surface area contributed by atoms with Gasteiger partial charge < -0.3 is 15.1 Å². The lowest BCUT2D eigenvalue weighted by Crippen LogP contribution is -2.51. The van der Waals surface area contributed by atoms with E-state index in [2.05, 4.69) is 15.2 Å². The molecule has 0 aliphatic carbocycles. The highest BCUT2D eigenvalue weighted by molar-refractivity contribution is 7.98. The van der Waals surface area contributed by atoms with E-state index in [4.69, 9.17) is 11.6 Å². The van der Waals surface area contributed by atoms with Gasteiger partial charge in [-0.2, -0.15) is 0 Å². The van der Waals surface area contributed by atoms with Gasteiger partial charge in [0.25, 0.3) is 5.91 Å². The number of thioether (sulfide) groups is 1. The molecule has 7 nitrogen and oxygen atoms in total. The van der Waals surface area contributed by atoms with Crippen LogP contribution in [0.15, 0.2) is 53.8 Å². The summed E-state index contributed by atoms with van der Waals surface area (Å²) in [5.41, 5.74) is 2.11. The van der Waals surface area contributed by atoms with Crippen molar-refractivity contribution in [3.05, 3.63) is 59.4 Å². The number of fused-ring (bicyclic) bond motifs is 1. The van der Waals surface area contributed by atoms with E-state index < -0.39 is 0 Å². The normalized spacial score (nSPS) is 14.2. The zero-order chi connectivity index (χ0) is 21.1. The van der Waals surface area contributed by atoms with Crippen LogP contribution in [0.4, 0.5) is 5.69 Å². The fourth-order valence-electron chi connectivity index (χ4n) is 3.56. The minimum atomic E-state index is -0.343. The van der Waals surface area contributed by atoms with Crippen molar-refractivity contribution in [3.63, 3.8) is 0 Å². The molecule has 1 saturated heterocycles. The van der Waals surface area contributed by atoms with Gasteiger partial charge in [-0.3, -0.25) is 14.0 Å². The quantitative estimate of drug-likeness (QED) is 0.614. The van der Waals surface area contributed by atoms with Gasteiger partial charge in [-0.05, 0) is 36.6 Å². The van der Waals surface area contributed by atoms with Crippen molar-refractivity contribution in [1.29, 1.82) is 0 Å². The van der Waals surface area contributed by atoms with E-state index in [1.54, 1.807) is 4.90 Å². The topological polar surface area (TPSA) is 70.0 Å². The number of halogens is 1. The Hall–Kier alpha value is -2.71. The van der Waals surface area contributed by atoms with Gasteiger partial charge in [-0.1, -0.05) is 35.5 Å². The summed E-state index contributed by atoms with van der Waals surface area (Å²) in [5.74, 6) is -0.437. The molecule has 1 aliphatic rings. The zero-order valence-electron chi connectivity index (χ0n) is 16.5. The SMILES string of the molecule is CSc1nc(C(=O)NCC(=O)N2CCN(c3cccc(Cl)c3)CC2)c2ccccn12. The van der Waals surface area contributed by atoms with E-state index in [9.17, 15) is 9.59 Å². The number of nitrogens with one attached hydrogen (secondary N) is 1. The molecule has 0 radical (unpaired) electrons. The Morgan fingerprint density at radius 2 is 1.93 bits per heavy atom. The van der Waals surface area contributed by atoms with E-state index in [0.717, 1.165) is 29.5 Å². The first-order chi connectivity index (χ1) is 14.6. The van der Waals surface area contributed by atoms with Crippen LogP contribution in [0.5, 0.6) is 0 Å². The molecule has 4 rings (SSSR count). The molecule has 9 heteroatoms. The fraction of sp³-hybridized carbons (Fsp3) is 0.286. The molecule has 0 unspecified atom stereocenters. The summed E-state index contributed by atoms with van der Waals surface area (Å²) < 4.78 is 1.87. The van der Waals surface area contributed by atoms with Crippen molar-refractivity contribution in [3.8, 4) is 0 Å². The number of amides is 2. The minimum Gasteiger partial charge on any atom is -0.368 e. The number of benzene rings is 1. The summed E-state index contributed by atoms with van der Waals surface area (Å²) in [6, 6.07) is 13.3. The predicted octanol–water partition coefficient (Wildman–Crippen LogP) is 2.79. The second-order valence-corrected chi connectivity index (χ2v) is 8.14. The second kappa shape index (κ2) is 8.97. The number of hydrogen-bond acceptors (Lipinski definition) is 5. The summed E-state index contributed by atoms with van der Waals surface area (Å²) in [6.45, 7) is 2.61. The average molecular weight is 444 g/mol. The lowest BCUT2D eigenvalue weighted by atomic mass is 10.2. The number of anilines is 1. The summed E-state index contributed by atoms with van der Waals surface area (Å²) >= 11 is 7.54. The van der Waals surface area contributed by atoms with E-state index in [0.29, 0.717) is 23.8 Å². The maximum Gasteiger partial charge on any atom is 0.272 e. The van der Waals surface area contributed by atoms with E-state index >= 15 is 0 Å². The van der Waals surface area contributed by atoms with Crippen molar-refractivity contribution in [1.82, 2.24) is 19.6 Å². The number of piperazine rings is 1. The number of carbonyl (C=O) groups excluding carboxylic acids is 2. The smallest absolute Gasteiger partial charge is 0.272 e. The molecule has 2 aromatic heterocycles. The maximum absolute atomic E-state index is 12.7. The van der Waals surface area contributed by atoms with Crippen molar-refractivity contribution in [2.75, 3.05) is 43.9 Å². The Morgan fingerprint density at radius 1 is 1.13 bits per heavy atom. The molecule has 0 saturated carbocycles. The molecule has 0 atom stereocenters. The molecule has 1 aliphatic heterocycles. The van der Waals surface area contributed by atoms with Gasteiger partial charge in [0.1, 0.15) is 0 Å². The third-order valence-corrected chi connectivity index (χ3v) is 6.01. The van der Waals surface area contributed by atoms with Crippen molar-refractivity contribution < 1.29 is 9.59 Å². The van der Waals surface area contributed by atoms with Crippen LogP contribution in [-0.4, -0.2) is 65.1 Å². The van der Waals surface area contributed by atoms with Gasteiger partial charge in [0, 0.05) is 43.1 Å². The molecule has 156 valence electrons. The van der Waals surface area contributed by atoms with Gasteiger partial charge in [0.15, 0.2) is 10.9 Å². The molecular formula is C21H22ClN5O2S. The number of carbonyl (C=O) groups is 2. The Bertz CT molecular complexity index is 1080. The number of rotatable bonds is 5. The van der Waals surface area contributed by atoms with E-state index in [1.807, 2.05) is 59.3 Å². The predicted molar refractivity (Wildman–Crippen MR) is 120 cm³/mol. The summed E-state index contributed by atoms with van der Waals surface area (Å²) in [6.07, 6.45) is 3.78. The van der Waals surface area contributed by atoms with Crippen molar-refractivity contribution in [2.45, 2.75) is 5.16 Å². The maximum atomic E-state index is 12.7. The fourth-order valence-corrected chi connectivity index (χ4v) is 4.28. The van der Waals surface area contributed by atoms with Gasteiger partial charge in [0.2, 0.25) is 5.91 Å². The Morgan fingerprint density at radius 3 is 2.67 bits per heavy atom. The first-order valence-corrected chi connectivity index (χ1v) is 11.2. The first-order valence-electron chi connectivity index (χ1n) is 9.64. The van der Waals surface area contributed by atoms with E-state index in [-0.39, 0.29) is 18.4 Å². The van der Waals surface area contributed by atoms with Crippen LogP contribution in [-0.2, 0) is 4.79 Å². The van der Waals surface area contributed by atoms with Gasteiger partial charge >= 0.3 is 0 Å². The molecule has 1 fully saturated rings.